The van der Waals surface area contributed by atoms with E-state index in [-0.39, 0.29) is 6.03 Å². The normalized spacial score (nSPS) is 13.6. The highest BCUT2D eigenvalue weighted by Crippen LogP contribution is 2.22. The molecule has 0 saturated heterocycles. The fourth-order valence-corrected chi connectivity index (χ4v) is 2.61. The van der Waals surface area contributed by atoms with Crippen molar-refractivity contribution in [3.8, 4) is 0 Å². The van der Waals surface area contributed by atoms with E-state index in [0.29, 0.717) is 10.7 Å². The molecule has 1 aromatic carbocycles. The van der Waals surface area contributed by atoms with Gasteiger partial charge in [-0.1, -0.05) is 17.7 Å². The predicted octanol–water partition coefficient (Wildman–Crippen LogP) is 2.36. The van der Waals surface area contributed by atoms with Gasteiger partial charge < -0.3 is 10.6 Å². The number of fused-ring (bicyclic) bond motifs is 1. The van der Waals surface area contributed by atoms with Crippen LogP contribution in [0.1, 0.15) is 11.3 Å². The quantitative estimate of drug-likeness (QED) is 0.797. The average molecular weight is 306 g/mol. The highest BCUT2D eigenvalue weighted by Gasteiger charge is 2.20. The van der Waals surface area contributed by atoms with Gasteiger partial charge in [0.25, 0.3) is 0 Å². The van der Waals surface area contributed by atoms with Crippen molar-refractivity contribution in [2.45, 2.75) is 13.0 Å². The average Bonchev–Trinajstić information content (AvgIpc) is 2.75. The Labute approximate surface area is 127 Å². The van der Waals surface area contributed by atoms with Crippen LogP contribution in [0, 0.1) is 0 Å². The Balaban J connectivity index is 1.74. The Morgan fingerprint density at radius 3 is 3.10 bits per heavy atom. The summed E-state index contributed by atoms with van der Waals surface area (Å²) in [4.78, 5) is 12.1. The van der Waals surface area contributed by atoms with E-state index in [1.165, 1.54) is 0 Å². The largest absolute Gasteiger partial charge is 0.324 e. The van der Waals surface area contributed by atoms with E-state index in [2.05, 4.69) is 21.0 Å². The maximum atomic E-state index is 12.1. The van der Waals surface area contributed by atoms with E-state index in [0.717, 1.165) is 36.6 Å². The summed E-state index contributed by atoms with van der Waals surface area (Å²) < 4.78 is 1.70. The van der Waals surface area contributed by atoms with Crippen LogP contribution in [0.5, 0.6) is 0 Å². The second-order valence-corrected chi connectivity index (χ2v) is 5.35. The molecule has 0 saturated carbocycles. The first kappa shape index (κ1) is 13.9. The zero-order chi connectivity index (χ0) is 14.8. The zero-order valence-corrected chi connectivity index (χ0v) is 12.4. The topological polar surface area (TPSA) is 71.0 Å². The Kier molecular flexibility index (Phi) is 3.81. The Bertz CT molecular complexity index is 682. The van der Waals surface area contributed by atoms with Crippen molar-refractivity contribution < 1.29 is 4.79 Å². The van der Waals surface area contributed by atoms with Gasteiger partial charge in [-0.05, 0) is 18.2 Å². The zero-order valence-electron chi connectivity index (χ0n) is 11.6. The lowest BCUT2D eigenvalue weighted by Crippen LogP contribution is -2.25. The summed E-state index contributed by atoms with van der Waals surface area (Å²) in [5, 5.41) is 13.9. The molecule has 3 N–H and O–H groups in total. The number of urea groups is 1. The van der Waals surface area contributed by atoms with Gasteiger partial charge in [0.15, 0.2) is 0 Å². The summed E-state index contributed by atoms with van der Waals surface area (Å²) in [6, 6.07) is 6.71. The minimum atomic E-state index is -0.311. The Morgan fingerprint density at radius 2 is 2.29 bits per heavy atom. The molecule has 3 rings (SSSR count). The second-order valence-electron chi connectivity index (χ2n) is 4.91. The minimum Gasteiger partial charge on any atom is -0.312 e. The van der Waals surface area contributed by atoms with Crippen LogP contribution in [-0.2, 0) is 20.0 Å². The Morgan fingerprint density at radius 1 is 1.43 bits per heavy atom. The minimum absolute atomic E-state index is 0.311. The molecule has 7 heteroatoms. The molecule has 0 atom stereocenters. The van der Waals surface area contributed by atoms with Gasteiger partial charge in [-0.15, -0.1) is 0 Å². The lowest BCUT2D eigenvalue weighted by Gasteiger charge is -2.14. The lowest BCUT2D eigenvalue weighted by atomic mass is 10.1. The first-order valence-corrected chi connectivity index (χ1v) is 7.10. The number of carbonyl (C=O) groups is 1. The molecule has 6 nitrogen and oxygen atoms in total. The van der Waals surface area contributed by atoms with Gasteiger partial charge in [0, 0.05) is 42.8 Å². The summed E-state index contributed by atoms with van der Waals surface area (Å²) >= 11 is 5.90. The molecule has 0 spiro atoms. The van der Waals surface area contributed by atoms with Crippen molar-refractivity contribution in [3.63, 3.8) is 0 Å². The number of aromatic nitrogens is 2. The number of benzene rings is 1. The lowest BCUT2D eigenvalue weighted by molar-refractivity contribution is 0.262. The molecule has 1 aliphatic heterocycles. The first-order valence-electron chi connectivity index (χ1n) is 6.72. The molecule has 2 amide bonds. The number of carbonyl (C=O) groups excluding carboxylic acids is 1. The van der Waals surface area contributed by atoms with Crippen LogP contribution in [0.4, 0.5) is 16.3 Å². The molecule has 1 aliphatic rings. The van der Waals surface area contributed by atoms with Gasteiger partial charge in [-0.3, -0.25) is 10.00 Å². The molecule has 21 heavy (non-hydrogen) atoms. The monoisotopic (exact) mass is 305 g/mol. The van der Waals surface area contributed by atoms with E-state index in [9.17, 15) is 4.79 Å². The smallest absolute Gasteiger partial charge is 0.312 e. The summed E-state index contributed by atoms with van der Waals surface area (Å²) in [5.41, 5.74) is 2.73. The standard InChI is InChI=1S/C14H16ClN5O/c1-20-13(11-8-16-6-5-12(11)19-20)18-14(21)17-10-4-2-3-9(15)7-10/h2-4,7,16H,5-6,8H2,1H3,(H2,17,18,21). The van der Waals surface area contributed by atoms with Crippen LogP contribution in [0.15, 0.2) is 24.3 Å². The van der Waals surface area contributed by atoms with Crippen LogP contribution in [0.2, 0.25) is 5.02 Å². The van der Waals surface area contributed by atoms with E-state index in [1.54, 1.807) is 28.9 Å². The van der Waals surface area contributed by atoms with Crippen molar-refractivity contribution in [2.24, 2.45) is 7.05 Å². The number of nitrogens with one attached hydrogen (secondary N) is 3. The van der Waals surface area contributed by atoms with Gasteiger partial charge in [0.2, 0.25) is 0 Å². The third-order valence-corrected chi connectivity index (χ3v) is 3.62. The van der Waals surface area contributed by atoms with E-state index in [4.69, 9.17) is 11.6 Å². The SMILES string of the molecule is Cn1nc2c(c1NC(=O)Nc1cccc(Cl)c1)CNCC2. The molecule has 110 valence electrons. The fourth-order valence-electron chi connectivity index (χ4n) is 2.42. The molecule has 1 aromatic heterocycles. The molecule has 2 aromatic rings. The highest BCUT2D eigenvalue weighted by atomic mass is 35.5. The van der Waals surface area contributed by atoms with Crippen molar-refractivity contribution in [1.29, 1.82) is 0 Å². The second kappa shape index (κ2) is 5.75. The Hall–Kier alpha value is -2.05. The summed E-state index contributed by atoms with van der Waals surface area (Å²) in [5.74, 6) is 0.719. The third-order valence-electron chi connectivity index (χ3n) is 3.38. The van der Waals surface area contributed by atoms with Crippen LogP contribution in [-0.4, -0.2) is 22.4 Å². The third kappa shape index (κ3) is 3.01. The van der Waals surface area contributed by atoms with Gasteiger partial charge in [-0.25, -0.2) is 4.79 Å². The van der Waals surface area contributed by atoms with Crippen molar-refractivity contribution in [3.05, 3.63) is 40.5 Å². The number of halogens is 1. The number of hydrogen-bond donors (Lipinski definition) is 3. The van der Waals surface area contributed by atoms with Crippen LogP contribution in [0.3, 0.4) is 0 Å². The van der Waals surface area contributed by atoms with Gasteiger partial charge in [0.05, 0.1) is 5.69 Å². The first-order chi connectivity index (χ1) is 10.1. The molecule has 0 unspecified atom stereocenters. The molecule has 0 fully saturated rings. The summed E-state index contributed by atoms with van der Waals surface area (Å²) in [7, 11) is 1.83. The van der Waals surface area contributed by atoms with Crippen LogP contribution < -0.4 is 16.0 Å². The number of aryl methyl sites for hydroxylation is 1. The maximum absolute atomic E-state index is 12.1. The van der Waals surface area contributed by atoms with E-state index < -0.39 is 0 Å². The van der Waals surface area contributed by atoms with Gasteiger partial charge >= 0.3 is 6.03 Å². The van der Waals surface area contributed by atoms with Crippen LogP contribution >= 0.6 is 11.6 Å². The van der Waals surface area contributed by atoms with E-state index >= 15 is 0 Å². The number of hydrogen-bond acceptors (Lipinski definition) is 3. The van der Waals surface area contributed by atoms with Gasteiger partial charge in [-0.2, -0.15) is 5.10 Å². The molecule has 0 aliphatic carbocycles. The maximum Gasteiger partial charge on any atom is 0.324 e. The number of nitrogens with zero attached hydrogens (tertiary/aromatic N) is 2. The molecular weight excluding hydrogens is 290 g/mol. The predicted molar refractivity (Wildman–Crippen MR) is 82.7 cm³/mol. The van der Waals surface area contributed by atoms with Gasteiger partial charge in [0.1, 0.15) is 5.82 Å². The van der Waals surface area contributed by atoms with E-state index in [1.807, 2.05) is 7.05 Å². The summed E-state index contributed by atoms with van der Waals surface area (Å²) in [6.07, 6.45) is 0.876. The number of rotatable bonds is 2. The van der Waals surface area contributed by atoms with Crippen molar-refractivity contribution in [1.82, 2.24) is 15.1 Å². The summed E-state index contributed by atoms with van der Waals surface area (Å²) in [6.45, 7) is 1.63. The fraction of sp³-hybridized carbons (Fsp3) is 0.286. The highest BCUT2D eigenvalue weighted by molar-refractivity contribution is 6.30. The number of amides is 2. The van der Waals surface area contributed by atoms with Crippen molar-refractivity contribution in [2.75, 3.05) is 17.2 Å². The molecular formula is C14H16ClN5O. The number of anilines is 2. The van der Waals surface area contributed by atoms with Crippen LogP contribution in [0.25, 0.3) is 0 Å². The van der Waals surface area contributed by atoms with Crippen molar-refractivity contribution >= 4 is 29.1 Å². The molecule has 0 radical (unpaired) electrons. The molecule has 0 bridgehead atoms. The molecule has 2 heterocycles.